The van der Waals surface area contributed by atoms with Gasteiger partial charge in [-0.3, -0.25) is 0 Å². The SMILES string of the molecule is CC(C)(C)S(=O)(=O)NC[C@H]1CC[C@H](Nc2nc3ccc(I)cc3o2)CC1. The molecule has 2 N–H and O–H groups in total. The summed E-state index contributed by atoms with van der Waals surface area (Å²) in [5.74, 6) is 0.385. The fourth-order valence-electron chi connectivity index (χ4n) is 3.09. The van der Waals surface area contributed by atoms with Crippen LogP contribution in [0.5, 0.6) is 0 Å². The van der Waals surface area contributed by atoms with Gasteiger partial charge in [-0.05, 0) is 93.2 Å². The van der Waals surface area contributed by atoms with E-state index in [1.807, 2.05) is 18.2 Å². The number of oxazole rings is 1. The van der Waals surface area contributed by atoms with E-state index in [2.05, 4.69) is 37.6 Å². The summed E-state index contributed by atoms with van der Waals surface area (Å²) in [5, 5.41) is 3.39. The molecule has 1 aromatic carbocycles. The average Bonchev–Trinajstić information content (AvgIpc) is 2.94. The Kier molecular flexibility index (Phi) is 5.83. The summed E-state index contributed by atoms with van der Waals surface area (Å²) in [4.78, 5) is 4.49. The lowest BCUT2D eigenvalue weighted by Gasteiger charge is -2.29. The summed E-state index contributed by atoms with van der Waals surface area (Å²) in [5.41, 5.74) is 1.66. The van der Waals surface area contributed by atoms with Crippen LogP contribution in [0.15, 0.2) is 22.6 Å². The first kappa shape index (κ1) is 19.9. The van der Waals surface area contributed by atoms with Crippen molar-refractivity contribution in [3.05, 3.63) is 21.8 Å². The fourth-order valence-corrected chi connectivity index (χ4v) is 4.44. The van der Waals surface area contributed by atoms with Crippen molar-refractivity contribution < 1.29 is 12.8 Å². The molecule has 0 bridgehead atoms. The van der Waals surface area contributed by atoms with Gasteiger partial charge >= 0.3 is 0 Å². The minimum absolute atomic E-state index is 0.317. The van der Waals surface area contributed by atoms with Gasteiger partial charge < -0.3 is 9.73 Å². The first-order valence-corrected chi connectivity index (χ1v) is 11.5. The van der Waals surface area contributed by atoms with Gasteiger partial charge in [-0.1, -0.05) is 0 Å². The third kappa shape index (κ3) is 4.69. The standard InChI is InChI=1S/C18H26IN3O3S/c1-18(2,3)26(23,24)20-11-12-4-7-14(8-5-12)21-17-22-15-9-6-13(19)10-16(15)25-17/h6,9-10,12,14,20H,4-5,7-8,11H2,1-3H3,(H,21,22)/t12-,14-. The highest BCUT2D eigenvalue weighted by atomic mass is 127. The average molecular weight is 491 g/mol. The minimum atomic E-state index is -3.27. The predicted octanol–water partition coefficient (Wildman–Crippen LogP) is 4.12. The van der Waals surface area contributed by atoms with Crippen molar-refractivity contribution in [1.82, 2.24) is 9.71 Å². The second-order valence-electron chi connectivity index (χ2n) is 7.96. The van der Waals surface area contributed by atoms with Gasteiger partial charge in [-0.15, -0.1) is 0 Å². The van der Waals surface area contributed by atoms with E-state index in [4.69, 9.17) is 4.42 Å². The summed E-state index contributed by atoms with van der Waals surface area (Å²) in [6.45, 7) is 5.68. The van der Waals surface area contributed by atoms with Crippen molar-refractivity contribution in [1.29, 1.82) is 0 Å². The van der Waals surface area contributed by atoms with Crippen molar-refractivity contribution in [2.75, 3.05) is 11.9 Å². The maximum Gasteiger partial charge on any atom is 0.295 e. The molecule has 0 aliphatic heterocycles. The summed E-state index contributed by atoms with van der Waals surface area (Å²) >= 11 is 2.26. The van der Waals surface area contributed by atoms with Crippen LogP contribution in [0.1, 0.15) is 46.5 Å². The lowest BCUT2D eigenvalue weighted by Crippen LogP contribution is -2.42. The molecule has 0 amide bonds. The zero-order valence-electron chi connectivity index (χ0n) is 15.4. The van der Waals surface area contributed by atoms with Gasteiger partial charge in [0.2, 0.25) is 10.0 Å². The zero-order chi connectivity index (χ0) is 18.9. The number of benzene rings is 1. The van der Waals surface area contributed by atoms with Crippen LogP contribution in [0.25, 0.3) is 11.1 Å². The molecular weight excluding hydrogens is 465 g/mol. The van der Waals surface area contributed by atoms with E-state index in [-0.39, 0.29) is 0 Å². The Hall–Kier alpha value is -0.870. The quantitative estimate of drug-likeness (QED) is 0.615. The summed E-state index contributed by atoms with van der Waals surface area (Å²) in [7, 11) is -3.27. The Balaban J connectivity index is 1.50. The van der Waals surface area contributed by atoms with E-state index in [9.17, 15) is 8.42 Å². The minimum Gasteiger partial charge on any atom is -0.424 e. The molecule has 1 heterocycles. The molecule has 0 unspecified atom stereocenters. The Morgan fingerprint density at radius 3 is 2.58 bits per heavy atom. The molecule has 26 heavy (non-hydrogen) atoms. The van der Waals surface area contributed by atoms with Gasteiger partial charge in [0.05, 0.1) is 4.75 Å². The maximum absolute atomic E-state index is 12.2. The highest BCUT2D eigenvalue weighted by Crippen LogP contribution is 2.28. The largest absolute Gasteiger partial charge is 0.424 e. The smallest absolute Gasteiger partial charge is 0.295 e. The molecule has 0 saturated heterocycles. The van der Waals surface area contributed by atoms with Gasteiger partial charge in [0, 0.05) is 16.2 Å². The Morgan fingerprint density at radius 1 is 1.23 bits per heavy atom. The number of sulfonamides is 1. The van der Waals surface area contributed by atoms with Crippen LogP contribution in [0.2, 0.25) is 0 Å². The third-order valence-corrected chi connectivity index (χ3v) is 7.72. The number of halogens is 1. The van der Waals surface area contributed by atoms with E-state index < -0.39 is 14.8 Å². The Labute approximate surface area is 168 Å². The summed E-state index contributed by atoms with van der Waals surface area (Å²) in [6.07, 6.45) is 3.95. The predicted molar refractivity (Wildman–Crippen MR) is 113 cm³/mol. The van der Waals surface area contributed by atoms with Crippen molar-refractivity contribution in [3.8, 4) is 0 Å². The number of hydrogen-bond donors (Lipinski definition) is 2. The lowest BCUT2D eigenvalue weighted by molar-refractivity contribution is 0.333. The molecule has 1 fully saturated rings. The molecular formula is C18H26IN3O3S. The van der Waals surface area contributed by atoms with E-state index in [0.717, 1.165) is 40.4 Å². The normalized spacial score (nSPS) is 21.8. The van der Waals surface area contributed by atoms with E-state index in [0.29, 0.717) is 24.5 Å². The second-order valence-corrected chi connectivity index (χ2v) is 11.7. The van der Waals surface area contributed by atoms with Crippen molar-refractivity contribution in [3.63, 3.8) is 0 Å². The molecule has 1 aromatic heterocycles. The van der Waals surface area contributed by atoms with E-state index >= 15 is 0 Å². The van der Waals surface area contributed by atoms with Crippen LogP contribution in [0.4, 0.5) is 6.01 Å². The third-order valence-electron chi connectivity index (χ3n) is 4.89. The van der Waals surface area contributed by atoms with E-state index in [1.54, 1.807) is 20.8 Å². The highest BCUT2D eigenvalue weighted by Gasteiger charge is 2.30. The molecule has 6 nitrogen and oxygen atoms in total. The van der Waals surface area contributed by atoms with Crippen LogP contribution in [0, 0.1) is 9.49 Å². The first-order chi connectivity index (χ1) is 12.1. The van der Waals surface area contributed by atoms with Gasteiger partial charge in [0.1, 0.15) is 5.52 Å². The van der Waals surface area contributed by atoms with Crippen LogP contribution in [-0.4, -0.2) is 30.7 Å². The number of aromatic nitrogens is 1. The number of nitrogens with zero attached hydrogens (tertiary/aromatic N) is 1. The van der Waals surface area contributed by atoms with E-state index in [1.165, 1.54) is 0 Å². The maximum atomic E-state index is 12.2. The fraction of sp³-hybridized carbons (Fsp3) is 0.611. The topological polar surface area (TPSA) is 84.2 Å². The summed E-state index contributed by atoms with van der Waals surface area (Å²) < 4.78 is 33.2. The van der Waals surface area contributed by atoms with Crippen LogP contribution < -0.4 is 10.0 Å². The molecule has 0 atom stereocenters. The van der Waals surface area contributed by atoms with Crippen molar-refractivity contribution in [2.45, 2.75) is 57.2 Å². The van der Waals surface area contributed by atoms with Gasteiger partial charge in [0.25, 0.3) is 6.01 Å². The number of rotatable bonds is 5. The Bertz CT molecular complexity index is 865. The highest BCUT2D eigenvalue weighted by molar-refractivity contribution is 14.1. The summed E-state index contributed by atoms with van der Waals surface area (Å²) in [6, 6.07) is 6.84. The number of nitrogens with one attached hydrogen (secondary N) is 2. The molecule has 2 aromatic rings. The molecule has 0 radical (unpaired) electrons. The molecule has 1 aliphatic rings. The van der Waals surface area contributed by atoms with Crippen molar-refractivity contribution >= 4 is 49.7 Å². The van der Waals surface area contributed by atoms with Gasteiger partial charge in [-0.2, -0.15) is 4.98 Å². The number of hydrogen-bond acceptors (Lipinski definition) is 5. The Morgan fingerprint density at radius 2 is 1.92 bits per heavy atom. The van der Waals surface area contributed by atoms with Crippen molar-refractivity contribution in [2.24, 2.45) is 5.92 Å². The van der Waals surface area contributed by atoms with Crippen LogP contribution in [-0.2, 0) is 10.0 Å². The molecule has 1 aliphatic carbocycles. The van der Waals surface area contributed by atoms with Gasteiger partial charge in [0.15, 0.2) is 5.58 Å². The zero-order valence-corrected chi connectivity index (χ0v) is 18.4. The van der Waals surface area contributed by atoms with Crippen LogP contribution in [0.3, 0.4) is 0 Å². The molecule has 8 heteroatoms. The number of fused-ring (bicyclic) bond motifs is 1. The molecule has 0 spiro atoms. The lowest BCUT2D eigenvalue weighted by atomic mass is 9.86. The second kappa shape index (κ2) is 7.63. The van der Waals surface area contributed by atoms with Gasteiger partial charge in [-0.25, -0.2) is 13.1 Å². The molecule has 1 saturated carbocycles. The monoisotopic (exact) mass is 491 g/mol. The molecule has 3 rings (SSSR count). The van der Waals surface area contributed by atoms with Crippen LogP contribution >= 0.6 is 22.6 Å². The first-order valence-electron chi connectivity index (χ1n) is 8.96. The molecule has 144 valence electrons. The number of anilines is 1.